The zero-order chi connectivity index (χ0) is 19.1. The molecular weight excluding hydrogens is 472 g/mol. The smallest absolute Gasteiger partial charge is 0.219 e. The number of hydrogen-bond donors (Lipinski definition) is 2. The minimum atomic E-state index is -0.305. The van der Waals surface area contributed by atoms with E-state index in [9.17, 15) is 4.39 Å². The zero-order valence-corrected chi connectivity index (χ0v) is 18.3. The Balaban J connectivity index is 0.00000280. The zero-order valence-electron chi connectivity index (χ0n) is 16.0. The van der Waals surface area contributed by atoms with E-state index in [1.54, 1.807) is 24.4 Å². The van der Waals surface area contributed by atoms with Crippen LogP contribution in [0.3, 0.4) is 0 Å². The maximum Gasteiger partial charge on any atom is 0.219 e. The number of aromatic nitrogens is 1. The number of halogens is 2. The average molecular weight is 499 g/mol. The number of pyridine rings is 1. The van der Waals surface area contributed by atoms with Crippen molar-refractivity contribution in [1.29, 1.82) is 0 Å². The Hall–Kier alpha value is -1.94. The van der Waals surface area contributed by atoms with Gasteiger partial charge in [0.15, 0.2) is 5.96 Å². The van der Waals surface area contributed by atoms with Crippen LogP contribution in [0.25, 0.3) is 0 Å². The van der Waals surface area contributed by atoms with Gasteiger partial charge in [0.1, 0.15) is 11.6 Å². The number of rotatable bonds is 7. The van der Waals surface area contributed by atoms with Gasteiger partial charge in [0.25, 0.3) is 0 Å². The second-order valence-corrected chi connectivity index (χ2v) is 6.57. The highest BCUT2D eigenvalue weighted by Crippen LogP contribution is 2.20. The van der Waals surface area contributed by atoms with Gasteiger partial charge in [-0.25, -0.2) is 14.4 Å². The van der Waals surface area contributed by atoms with Crippen LogP contribution in [0.2, 0.25) is 0 Å². The first-order valence-electron chi connectivity index (χ1n) is 9.30. The molecule has 1 saturated heterocycles. The Morgan fingerprint density at radius 2 is 2.14 bits per heavy atom. The number of likely N-dealkylation sites (N-methyl/N-ethyl adjacent to an activating group) is 1. The number of nitrogens with one attached hydrogen (secondary N) is 1. The molecule has 1 atom stereocenters. The SMILES string of the molecule is CCN1CCCC1CNC(N)=NCc1ccnc(Oc2ccc(F)cc2)c1.I. The largest absolute Gasteiger partial charge is 0.439 e. The summed E-state index contributed by atoms with van der Waals surface area (Å²) in [4.78, 5) is 11.0. The third kappa shape index (κ3) is 6.59. The summed E-state index contributed by atoms with van der Waals surface area (Å²) in [5, 5.41) is 3.22. The van der Waals surface area contributed by atoms with Crippen molar-refractivity contribution in [3.8, 4) is 11.6 Å². The van der Waals surface area contributed by atoms with Crippen molar-refractivity contribution in [2.75, 3.05) is 19.6 Å². The molecule has 2 heterocycles. The second-order valence-electron chi connectivity index (χ2n) is 6.57. The molecule has 1 aromatic carbocycles. The molecule has 6 nitrogen and oxygen atoms in total. The molecule has 8 heteroatoms. The molecule has 3 rings (SSSR count). The first-order chi connectivity index (χ1) is 13.1. The van der Waals surface area contributed by atoms with Gasteiger partial charge in [-0.15, -0.1) is 24.0 Å². The van der Waals surface area contributed by atoms with Gasteiger partial charge in [-0.05, 0) is 61.8 Å². The lowest BCUT2D eigenvalue weighted by Crippen LogP contribution is -2.42. The van der Waals surface area contributed by atoms with E-state index in [-0.39, 0.29) is 29.8 Å². The minimum absolute atomic E-state index is 0. The van der Waals surface area contributed by atoms with Gasteiger partial charge in [-0.1, -0.05) is 6.92 Å². The van der Waals surface area contributed by atoms with E-state index in [0.717, 1.165) is 25.2 Å². The molecule has 1 aliphatic rings. The molecule has 0 bridgehead atoms. The van der Waals surface area contributed by atoms with Gasteiger partial charge in [-0.2, -0.15) is 0 Å². The average Bonchev–Trinajstić information content (AvgIpc) is 3.14. The summed E-state index contributed by atoms with van der Waals surface area (Å²) in [6.45, 7) is 5.66. The van der Waals surface area contributed by atoms with Crippen LogP contribution in [0.15, 0.2) is 47.6 Å². The van der Waals surface area contributed by atoms with E-state index in [4.69, 9.17) is 10.5 Å². The van der Waals surface area contributed by atoms with Crippen LogP contribution >= 0.6 is 24.0 Å². The molecule has 0 radical (unpaired) electrons. The van der Waals surface area contributed by atoms with Crippen LogP contribution < -0.4 is 15.8 Å². The number of benzene rings is 1. The Morgan fingerprint density at radius 1 is 1.36 bits per heavy atom. The molecular formula is C20H27FIN5O. The van der Waals surface area contributed by atoms with Crippen molar-refractivity contribution in [2.24, 2.45) is 10.7 Å². The van der Waals surface area contributed by atoms with Crippen LogP contribution in [0, 0.1) is 5.82 Å². The summed E-state index contributed by atoms with van der Waals surface area (Å²) in [5.74, 6) is 1.10. The van der Waals surface area contributed by atoms with E-state index in [0.29, 0.717) is 30.2 Å². The van der Waals surface area contributed by atoms with E-state index < -0.39 is 0 Å². The van der Waals surface area contributed by atoms with E-state index in [1.165, 1.54) is 25.0 Å². The van der Waals surface area contributed by atoms with Crippen LogP contribution in [-0.2, 0) is 6.54 Å². The van der Waals surface area contributed by atoms with Crippen molar-refractivity contribution in [1.82, 2.24) is 15.2 Å². The predicted molar refractivity (Wildman–Crippen MR) is 120 cm³/mol. The van der Waals surface area contributed by atoms with Gasteiger partial charge >= 0.3 is 0 Å². The summed E-state index contributed by atoms with van der Waals surface area (Å²) in [5.41, 5.74) is 6.93. The van der Waals surface area contributed by atoms with Gasteiger partial charge in [0, 0.05) is 24.8 Å². The summed E-state index contributed by atoms with van der Waals surface area (Å²) in [6, 6.07) is 10.0. The Bertz CT molecular complexity index is 771. The van der Waals surface area contributed by atoms with E-state index >= 15 is 0 Å². The molecule has 0 saturated carbocycles. The number of hydrogen-bond acceptors (Lipinski definition) is 4. The predicted octanol–water partition coefficient (Wildman–Crippen LogP) is 3.52. The molecule has 1 aromatic heterocycles. The third-order valence-corrected chi connectivity index (χ3v) is 4.69. The highest BCUT2D eigenvalue weighted by atomic mass is 127. The van der Waals surface area contributed by atoms with Crippen molar-refractivity contribution < 1.29 is 9.13 Å². The second kappa shape index (κ2) is 11.2. The normalized spacial score (nSPS) is 17.2. The monoisotopic (exact) mass is 499 g/mol. The van der Waals surface area contributed by atoms with Gasteiger partial charge in [0.2, 0.25) is 5.88 Å². The lowest BCUT2D eigenvalue weighted by atomic mass is 10.2. The van der Waals surface area contributed by atoms with Crippen molar-refractivity contribution in [3.05, 3.63) is 54.0 Å². The summed E-state index contributed by atoms with van der Waals surface area (Å²) in [6.07, 6.45) is 4.10. The molecule has 1 aliphatic heterocycles. The number of nitrogens with two attached hydrogens (primary N) is 1. The molecule has 152 valence electrons. The number of likely N-dealkylation sites (tertiary alicyclic amines) is 1. The first kappa shape index (κ1) is 22.4. The lowest BCUT2D eigenvalue weighted by Gasteiger charge is -2.23. The summed E-state index contributed by atoms with van der Waals surface area (Å²) < 4.78 is 18.6. The molecule has 0 aliphatic carbocycles. The number of aliphatic imine (C=N–C) groups is 1. The molecule has 3 N–H and O–H groups in total. The number of nitrogens with zero attached hydrogens (tertiary/aromatic N) is 3. The van der Waals surface area contributed by atoms with Crippen molar-refractivity contribution >= 4 is 29.9 Å². The van der Waals surface area contributed by atoms with Crippen LogP contribution in [-0.4, -0.2) is 41.5 Å². The van der Waals surface area contributed by atoms with Crippen molar-refractivity contribution in [2.45, 2.75) is 32.4 Å². The minimum Gasteiger partial charge on any atom is -0.439 e. The fourth-order valence-corrected chi connectivity index (χ4v) is 3.23. The molecule has 1 unspecified atom stereocenters. The molecule has 28 heavy (non-hydrogen) atoms. The first-order valence-corrected chi connectivity index (χ1v) is 9.30. The molecule has 0 spiro atoms. The maximum absolute atomic E-state index is 13.0. The molecule has 0 amide bonds. The maximum atomic E-state index is 13.0. The highest BCUT2D eigenvalue weighted by Gasteiger charge is 2.22. The topological polar surface area (TPSA) is 75.8 Å². The summed E-state index contributed by atoms with van der Waals surface area (Å²) >= 11 is 0. The Morgan fingerprint density at radius 3 is 2.89 bits per heavy atom. The lowest BCUT2D eigenvalue weighted by molar-refractivity contribution is 0.267. The number of ether oxygens (including phenoxy) is 1. The van der Waals surface area contributed by atoms with E-state index in [2.05, 4.69) is 27.1 Å². The Kier molecular flexibility index (Phi) is 8.91. The standard InChI is InChI=1S/C20H26FN5O.HI/c1-2-26-11-3-4-17(26)14-25-20(22)24-13-15-9-10-23-19(12-15)27-18-7-5-16(21)6-8-18;/h5-10,12,17H,2-4,11,13-14H2,1H3,(H3,22,24,25);1H. The third-order valence-electron chi connectivity index (χ3n) is 4.69. The quantitative estimate of drug-likeness (QED) is 0.347. The Labute approximate surface area is 182 Å². The van der Waals surface area contributed by atoms with Crippen molar-refractivity contribution in [3.63, 3.8) is 0 Å². The fourth-order valence-electron chi connectivity index (χ4n) is 3.23. The van der Waals surface area contributed by atoms with Gasteiger partial charge in [-0.3, -0.25) is 4.90 Å². The molecule has 2 aromatic rings. The van der Waals surface area contributed by atoms with Crippen LogP contribution in [0.4, 0.5) is 4.39 Å². The van der Waals surface area contributed by atoms with Crippen LogP contribution in [0.1, 0.15) is 25.3 Å². The number of guanidine groups is 1. The van der Waals surface area contributed by atoms with E-state index in [1.807, 2.05) is 6.07 Å². The summed E-state index contributed by atoms with van der Waals surface area (Å²) in [7, 11) is 0. The van der Waals surface area contributed by atoms with Gasteiger partial charge in [0.05, 0.1) is 6.54 Å². The van der Waals surface area contributed by atoms with Crippen LogP contribution in [0.5, 0.6) is 11.6 Å². The fraction of sp³-hybridized carbons (Fsp3) is 0.400. The van der Waals surface area contributed by atoms with Gasteiger partial charge < -0.3 is 15.8 Å². The highest BCUT2D eigenvalue weighted by molar-refractivity contribution is 14.0. The molecule has 1 fully saturated rings.